The van der Waals surface area contributed by atoms with Gasteiger partial charge < -0.3 is 5.32 Å². The van der Waals surface area contributed by atoms with E-state index in [1.165, 1.54) is 50.5 Å². The summed E-state index contributed by atoms with van der Waals surface area (Å²) in [5.74, 6) is 1.01. The van der Waals surface area contributed by atoms with Crippen LogP contribution in [-0.2, 0) is 0 Å². The first-order valence-electron chi connectivity index (χ1n) is 8.10. The lowest BCUT2D eigenvalue weighted by atomic mass is 9.86. The zero-order valence-corrected chi connectivity index (χ0v) is 12.7. The van der Waals surface area contributed by atoms with Crippen molar-refractivity contribution in [3.8, 4) is 0 Å². The highest BCUT2D eigenvalue weighted by atomic mass is 16.1. The van der Waals surface area contributed by atoms with Gasteiger partial charge in [0.05, 0.1) is 0 Å². The predicted octanol–water partition coefficient (Wildman–Crippen LogP) is 4.48. The molecule has 0 unspecified atom stereocenters. The van der Waals surface area contributed by atoms with Crippen molar-refractivity contribution in [2.24, 2.45) is 5.92 Å². The average molecular weight is 273 g/mol. The molecule has 0 bridgehead atoms. The molecule has 1 aliphatic rings. The summed E-state index contributed by atoms with van der Waals surface area (Å²) < 4.78 is 0. The highest BCUT2D eigenvalue weighted by Gasteiger charge is 2.12. The maximum atomic E-state index is 11.9. The fourth-order valence-electron chi connectivity index (χ4n) is 3.04. The van der Waals surface area contributed by atoms with E-state index in [1.54, 1.807) is 0 Å². The van der Waals surface area contributed by atoms with Crippen LogP contribution < -0.4 is 5.32 Å². The molecule has 0 spiro atoms. The third-order valence-electron chi connectivity index (χ3n) is 4.36. The van der Waals surface area contributed by atoms with Gasteiger partial charge in [-0.15, -0.1) is 0 Å². The zero-order valence-electron chi connectivity index (χ0n) is 12.7. The van der Waals surface area contributed by atoms with Gasteiger partial charge in [0.25, 0.3) is 5.91 Å². The van der Waals surface area contributed by atoms with Crippen LogP contribution in [0.1, 0.15) is 67.3 Å². The number of benzene rings is 1. The molecule has 20 heavy (non-hydrogen) atoms. The number of amides is 1. The second-order valence-corrected chi connectivity index (χ2v) is 6.12. The molecular weight excluding hydrogens is 246 g/mol. The lowest BCUT2D eigenvalue weighted by molar-refractivity contribution is 0.0952. The SMILES string of the molecule is Cc1ccc(C(=O)NCCCCC2CCCCC2)cc1. The van der Waals surface area contributed by atoms with E-state index in [4.69, 9.17) is 0 Å². The Bertz CT molecular complexity index is 404. The molecule has 110 valence electrons. The number of hydrogen-bond acceptors (Lipinski definition) is 1. The van der Waals surface area contributed by atoms with Gasteiger partial charge in [-0.1, -0.05) is 62.6 Å². The Balaban J connectivity index is 1.58. The fraction of sp³-hybridized carbons (Fsp3) is 0.611. The van der Waals surface area contributed by atoms with E-state index in [0.29, 0.717) is 0 Å². The first-order chi connectivity index (χ1) is 9.75. The third kappa shape index (κ3) is 4.99. The molecule has 0 saturated heterocycles. The predicted molar refractivity (Wildman–Crippen MR) is 83.9 cm³/mol. The summed E-state index contributed by atoms with van der Waals surface area (Å²) in [4.78, 5) is 11.9. The second-order valence-electron chi connectivity index (χ2n) is 6.12. The summed E-state index contributed by atoms with van der Waals surface area (Å²) in [6.07, 6.45) is 10.8. The van der Waals surface area contributed by atoms with Crippen LogP contribution in [0.5, 0.6) is 0 Å². The van der Waals surface area contributed by atoms with Gasteiger partial charge in [-0.2, -0.15) is 0 Å². The Labute approximate surface area is 123 Å². The lowest BCUT2D eigenvalue weighted by Crippen LogP contribution is -2.24. The van der Waals surface area contributed by atoms with E-state index < -0.39 is 0 Å². The Hall–Kier alpha value is -1.31. The fourth-order valence-corrected chi connectivity index (χ4v) is 3.04. The molecule has 1 aliphatic carbocycles. The summed E-state index contributed by atoms with van der Waals surface area (Å²) >= 11 is 0. The third-order valence-corrected chi connectivity index (χ3v) is 4.36. The molecule has 0 aliphatic heterocycles. The van der Waals surface area contributed by atoms with E-state index in [2.05, 4.69) is 5.32 Å². The minimum atomic E-state index is 0.0580. The molecule has 2 nitrogen and oxygen atoms in total. The highest BCUT2D eigenvalue weighted by Crippen LogP contribution is 2.27. The van der Waals surface area contributed by atoms with E-state index in [-0.39, 0.29) is 5.91 Å². The van der Waals surface area contributed by atoms with Gasteiger partial charge in [-0.3, -0.25) is 4.79 Å². The first kappa shape index (κ1) is 15.1. The Kier molecular flexibility index (Phi) is 6.10. The van der Waals surface area contributed by atoms with Gasteiger partial charge in [-0.25, -0.2) is 0 Å². The topological polar surface area (TPSA) is 29.1 Å². The molecule has 1 amide bonds. The van der Waals surface area contributed by atoms with E-state index in [9.17, 15) is 4.79 Å². The van der Waals surface area contributed by atoms with E-state index >= 15 is 0 Å². The molecule has 1 aromatic carbocycles. The zero-order chi connectivity index (χ0) is 14.2. The van der Waals surface area contributed by atoms with Crippen molar-refractivity contribution in [2.75, 3.05) is 6.54 Å². The molecule has 1 saturated carbocycles. The van der Waals surface area contributed by atoms with Crippen LogP contribution in [-0.4, -0.2) is 12.5 Å². The average Bonchev–Trinajstić information content (AvgIpc) is 2.48. The summed E-state index contributed by atoms with van der Waals surface area (Å²) in [5.41, 5.74) is 1.96. The largest absolute Gasteiger partial charge is 0.352 e. The molecule has 0 heterocycles. The molecule has 2 heteroatoms. The maximum Gasteiger partial charge on any atom is 0.251 e. The molecule has 0 radical (unpaired) electrons. The van der Waals surface area contributed by atoms with Crippen molar-refractivity contribution in [3.63, 3.8) is 0 Å². The quantitative estimate of drug-likeness (QED) is 0.761. The molecule has 0 aromatic heterocycles. The summed E-state index contributed by atoms with van der Waals surface area (Å²) in [6.45, 7) is 2.84. The summed E-state index contributed by atoms with van der Waals surface area (Å²) in [5, 5.41) is 3.02. The monoisotopic (exact) mass is 273 g/mol. The first-order valence-corrected chi connectivity index (χ1v) is 8.10. The van der Waals surface area contributed by atoms with Crippen LogP contribution in [0.15, 0.2) is 24.3 Å². The van der Waals surface area contributed by atoms with Crippen molar-refractivity contribution >= 4 is 5.91 Å². The number of carbonyl (C=O) groups excluding carboxylic acids is 1. The number of aryl methyl sites for hydroxylation is 1. The van der Waals surface area contributed by atoms with Crippen LogP contribution in [0, 0.1) is 12.8 Å². The number of nitrogens with one attached hydrogen (secondary N) is 1. The van der Waals surface area contributed by atoms with Gasteiger partial charge >= 0.3 is 0 Å². The normalized spacial score (nSPS) is 16.1. The van der Waals surface area contributed by atoms with Crippen molar-refractivity contribution in [1.29, 1.82) is 0 Å². The van der Waals surface area contributed by atoms with Gasteiger partial charge in [0, 0.05) is 12.1 Å². The van der Waals surface area contributed by atoms with Gasteiger partial charge in [0.2, 0.25) is 0 Å². The van der Waals surface area contributed by atoms with Crippen LogP contribution in [0.3, 0.4) is 0 Å². The molecule has 1 N–H and O–H groups in total. The highest BCUT2D eigenvalue weighted by molar-refractivity contribution is 5.94. The number of carbonyl (C=O) groups is 1. The van der Waals surface area contributed by atoms with Gasteiger partial charge in [0.15, 0.2) is 0 Å². The van der Waals surface area contributed by atoms with Gasteiger partial charge in [0.1, 0.15) is 0 Å². The molecule has 2 rings (SSSR count). The molecular formula is C18H27NO. The Morgan fingerprint density at radius 1 is 1.10 bits per heavy atom. The van der Waals surface area contributed by atoms with Crippen LogP contribution >= 0.6 is 0 Å². The van der Waals surface area contributed by atoms with Crippen molar-refractivity contribution in [3.05, 3.63) is 35.4 Å². The second kappa shape index (κ2) is 8.08. The minimum absolute atomic E-state index is 0.0580. The number of rotatable bonds is 6. The van der Waals surface area contributed by atoms with Crippen LogP contribution in [0.25, 0.3) is 0 Å². The Morgan fingerprint density at radius 3 is 2.50 bits per heavy atom. The summed E-state index contributed by atoms with van der Waals surface area (Å²) in [7, 11) is 0. The standard InChI is InChI=1S/C18H27NO/c1-15-10-12-17(13-11-15)18(20)19-14-6-5-9-16-7-3-2-4-8-16/h10-13,16H,2-9,14H2,1H3,(H,19,20). The Morgan fingerprint density at radius 2 is 1.80 bits per heavy atom. The molecule has 1 aromatic rings. The number of unbranched alkanes of at least 4 members (excludes halogenated alkanes) is 1. The van der Waals surface area contributed by atoms with E-state index in [0.717, 1.165) is 24.4 Å². The van der Waals surface area contributed by atoms with Crippen LogP contribution in [0.4, 0.5) is 0 Å². The lowest BCUT2D eigenvalue weighted by Gasteiger charge is -2.21. The smallest absolute Gasteiger partial charge is 0.251 e. The molecule has 0 atom stereocenters. The van der Waals surface area contributed by atoms with Crippen molar-refractivity contribution in [2.45, 2.75) is 58.3 Å². The maximum absolute atomic E-state index is 11.9. The number of hydrogen-bond donors (Lipinski definition) is 1. The van der Waals surface area contributed by atoms with E-state index in [1.807, 2.05) is 31.2 Å². The minimum Gasteiger partial charge on any atom is -0.352 e. The van der Waals surface area contributed by atoms with Gasteiger partial charge in [-0.05, 0) is 31.4 Å². The van der Waals surface area contributed by atoms with Crippen molar-refractivity contribution < 1.29 is 4.79 Å². The summed E-state index contributed by atoms with van der Waals surface area (Å²) in [6, 6.07) is 7.76. The molecule has 1 fully saturated rings. The van der Waals surface area contributed by atoms with Crippen molar-refractivity contribution in [1.82, 2.24) is 5.32 Å². The van der Waals surface area contributed by atoms with Crippen LogP contribution in [0.2, 0.25) is 0 Å².